The molecule has 0 aromatic heterocycles. The number of benzene rings is 1. The van der Waals surface area contributed by atoms with E-state index in [9.17, 15) is 20.0 Å². The van der Waals surface area contributed by atoms with Crippen molar-refractivity contribution in [2.24, 2.45) is 0 Å². The van der Waals surface area contributed by atoms with Crippen LogP contribution in [-0.4, -0.2) is 54.3 Å². The second kappa shape index (κ2) is 5.83. The fraction of sp³-hybridized carbons (Fsp3) is 0.417. The second-order valence-corrected chi connectivity index (χ2v) is 4.40. The van der Waals surface area contributed by atoms with Crippen LogP contribution in [-0.2, 0) is 4.74 Å². The van der Waals surface area contributed by atoms with Crippen LogP contribution in [0.1, 0.15) is 10.4 Å². The number of morpholine rings is 1. The van der Waals surface area contributed by atoms with Crippen molar-refractivity contribution in [2.45, 2.75) is 0 Å². The molecule has 0 atom stereocenters. The van der Waals surface area contributed by atoms with E-state index in [2.05, 4.69) is 0 Å². The minimum absolute atomic E-state index is 0.118. The fourth-order valence-corrected chi connectivity index (χ4v) is 2.14. The number of nitro benzene ring substituents is 1. The molecule has 114 valence electrons. The normalized spacial score (nSPS) is 14.8. The van der Waals surface area contributed by atoms with Gasteiger partial charge in [0.25, 0.3) is 5.91 Å². The number of amides is 1. The Morgan fingerprint density at radius 2 is 2.14 bits per heavy atom. The van der Waals surface area contributed by atoms with Gasteiger partial charge in [-0.2, -0.15) is 0 Å². The lowest BCUT2D eigenvalue weighted by Crippen LogP contribution is -2.41. The Morgan fingerprint density at radius 1 is 1.52 bits per heavy atom. The average Bonchev–Trinajstić information content (AvgIpc) is 2.48. The molecule has 0 bridgehead atoms. The van der Waals surface area contributed by atoms with Crippen molar-refractivity contribution in [3.63, 3.8) is 0 Å². The van der Waals surface area contributed by atoms with Gasteiger partial charge in [-0.05, 0) is 0 Å². The maximum absolute atomic E-state index is 12.4. The van der Waals surface area contributed by atoms with Crippen molar-refractivity contribution in [3.05, 3.63) is 21.7 Å². The first-order valence-corrected chi connectivity index (χ1v) is 6.18. The fourth-order valence-electron chi connectivity index (χ4n) is 2.14. The molecule has 3 N–H and O–H groups in total. The molecule has 0 unspecified atom stereocenters. The van der Waals surface area contributed by atoms with Gasteiger partial charge in [-0.1, -0.05) is 0 Å². The lowest BCUT2D eigenvalue weighted by molar-refractivity contribution is -0.386. The lowest BCUT2D eigenvalue weighted by atomic mass is 10.1. The number of anilines is 1. The Morgan fingerprint density at radius 3 is 2.67 bits per heavy atom. The van der Waals surface area contributed by atoms with E-state index in [4.69, 9.17) is 15.2 Å². The van der Waals surface area contributed by atoms with Gasteiger partial charge in [-0.3, -0.25) is 14.9 Å². The molecule has 1 aliphatic rings. The van der Waals surface area contributed by atoms with Gasteiger partial charge in [0.15, 0.2) is 5.75 Å². The van der Waals surface area contributed by atoms with Crippen LogP contribution in [0.15, 0.2) is 6.07 Å². The third-order valence-corrected chi connectivity index (χ3v) is 3.18. The highest BCUT2D eigenvalue weighted by Crippen LogP contribution is 2.42. The molecule has 0 spiro atoms. The summed E-state index contributed by atoms with van der Waals surface area (Å²) < 4.78 is 9.94. The number of ether oxygens (including phenoxy) is 2. The average molecular weight is 297 g/mol. The molecular formula is C12H15N3O6. The molecule has 2 rings (SSSR count). The van der Waals surface area contributed by atoms with Gasteiger partial charge in [0.05, 0.1) is 30.9 Å². The van der Waals surface area contributed by atoms with Crippen molar-refractivity contribution in [3.8, 4) is 11.5 Å². The van der Waals surface area contributed by atoms with E-state index in [-0.39, 0.29) is 17.0 Å². The molecule has 21 heavy (non-hydrogen) atoms. The van der Waals surface area contributed by atoms with Crippen LogP contribution < -0.4 is 10.5 Å². The number of nitrogen functional groups attached to an aromatic ring is 1. The molecule has 0 aliphatic carbocycles. The van der Waals surface area contributed by atoms with Gasteiger partial charge in [0.2, 0.25) is 5.75 Å². The highest BCUT2D eigenvalue weighted by Gasteiger charge is 2.33. The van der Waals surface area contributed by atoms with Gasteiger partial charge in [-0.15, -0.1) is 0 Å². The molecule has 9 heteroatoms. The highest BCUT2D eigenvalue weighted by atomic mass is 16.6. The van der Waals surface area contributed by atoms with Gasteiger partial charge >= 0.3 is 5.69 Å². The summed E-state index contributed by atoms with van der Waals surface area (Å²) in [5.74, 6) is -1.48. The number of nitrogens with zero attached hydrogens (tertiary/aromatic N) is 2. The molecular weight excluding hydrogens is 282 g/mol. The first kappa shape index (κ1) is 14.9. The zero-order chi connectivity index (χ0) is 15.6. The predicted molar refractivity (Wildman–Crippen MR) is 72.4 cm³/mol. The van der Waals surface area contributed by atoms with E-state index >= 15 is 0 Å². The number of aromatic hydroxyl groups is 1. The van der Waals surface area contributed by atoms with Crippen LogP contribution in [0.5, 0.6) is 11.5 Å². The molecule has 1 heterocycles. The van der Waals surface area contributed by atoms with Gasteiger partial charge < -0.3 is 25.2 Å². The second-order valence-electron chi connectivity index (χ2n) is 4.40. The Hall–Kier alpha value is -2.55. The predicted octanol–water partition coefficient (Wildman–Crippen LogP) is 0.364. The quantitative estimate of drug-likeness (QED) is 0.357. The smallest absolute Gasteiger partial charge is 0.329 e. The Labute approximate surface area is 120 Å². The molecule has 0 saturated carbocycles. The molecule has 0 radical (unpaired) electrons. The SMILES string of the molecule is COc1cc(N)c(C(=O)N2CCOCC2)c([N+](=O)[O-])c1O. The van der Waals surface area contributed by atoms with Gasteiger partial charge in [-0.25, -0.2) is 0 Å². The number of phenolic OH excluding ortho intramolecular Hbond substituents is 1. The van der Waals surface area contributed by atoms with E-state index in [1.54, 1.807) is 0 Å². The summed E-state index contributed by atoms with van der Waals surface area (Å²) in [4.78, 5) is 24.2. The van der Waals surface area contributed by atoms with Crippen molar-refractivity contribution in [1.29, 1.82) is 0 Å². The van der Waals surface area contributed by atoms with Crippen molar-refractivity contribution in [2.75, 3.05) is 39.1 Å². The van der Waals surface area contributed by atoms with Crippen LogP contribution in [0.25, 0.3) is 0 Å². The molecule has 1 aromatic carbocycles. The summed E-state index contributed by atoms with van der Waals surface area (Å²) in [7, 11) is 1.24. The van der Waals surface area contributed by atoms with E-state index in [1.165, 1.54) is 18.1 Å². The Balaban J connectivity index is 2.53. The Kier molecular flexibility index (Phi) is 4.13. The summed E-state index contributed by atoms with van der Waals surface area (Å²) in [6.07, 6.45) is 0. The van der Waals surface area contributed by atoms with Crippen LogP contribution in [0, 0.1) is 10.1 Å². The first-order chi connectivity index (χ1) is 9.97. The number of rotatable bonds is 3. The lowest BCUT2D eigenvalue weighted by Gasteiger charge is -2.27. The number of hydrogen-bond donors (Lipinski definition) is 2. The zero-order valence-electron chi connectivity index (χ0n) is 11.4. The number of nitro groups is 1. The van der Waals surface area contributed by atoms with E-state index in [0.29, 0.717) is 26.3 Å². The van der Waals surface area contributed by atoms with E-state index in [0.717, 1.165) is 0 Å². The summed E-state index contributed by atoms with van der Waals surface area (Å²) in [6.45, 7) is 1.31. The van der Waals surface area contributed by atoms with Gasteiger partial charge in [0, 0.05) is 19.2 Å². The van der Waals surface area contributed by atoms with Crippen LogP contribution >= 0.6 is 0 Å². The molecule has 1 fully saturated rings. The first-order valence-electron chi connectivity index (χ1n) is 6.18. The summed E-state index contributed by atoms with van der Waals surface area (Å²) >= 11 is 0. The summed E-state index contributed by atoms with van der Waals surface area (Å²) in [5.41, 5.74) is 4.54. The highest BCUT2D eigenvalue weighted by molar-refractivity contribution is 6.04. The molecule has 1 amide bonds. The topological polar surface area (TPSA) is 128 Å². The maximum Gasteiger partial charge on any atom is 0.329 e. The number of carbonyl (C=O) groups excluding carboxylic acids is 1. The third kappa shape index (κ3) is 2.68. The molecule has 1 aliphatic heterocycles. The monoisotopic (exact) mass is 297 g/mol. The summed E-state index contributed by atoms with van der Waals surface area (Å²) in [5, 5.41) is 21.1. The maximum atomic E-state index is 12.4. The molecule has 9 nitrogen and oxygen atoms in total. The minimum Gasteiger partial charge on any atom is -0.499 e. The number of hydrogen-bond acceptors (Lipinski definition) is 7. The Bertz CT molecular complexity index is 583. The van der Waals surface area contributed by atoms with Crippen LogP contribution in [0.2, 0.25) is 0 Å². The van der Waals surface area contributed by atoms with E-state index < -0.39 is 22.3 Å². The summed E-state index contributed by atoms with van der Waals surface area (Å²) in [6, 6.07) is 1.19. The molecule has 1 saturated heterocycles. The standard InChI is InChI=1S/C12H15N3O6/c1-20-8-6-7(13)9(10(11(8)16)15(18)19)12(17)14-2-4-21-5-3-14/h6,16H,2-5,13H2,1H3. The number of nitrogens with two attached hydrogens (primary N) is 1. The number of carbonyl (C=O) groups is 1. The number of phenols is 1. The molecule has 1 aromatic rings. The minimum atomic E-state index is -0.845. The third-order valence-electron chi connectivity index (χ3n) is 3.18. The van der Waals surface area contributed by atoms with Crippen molar-refractivity contribution >= 4 is 17.3 Å². The van der Waals surface area contributed by atoms with Crippen molar-refractivity contribution < 1.29 is 24.3 Å². The van der Waals surface area contributed by atoms with Gasteiger partial charge in [0.1, 0.15) is 5.56 Å². The van der Waals surface area contributed by atoms with Crippen LogP contribution in [0.3, 0.4) is 0 Å². The largest absolute Gasteiger partial charge is 0.499 e. The number of methoxy groups -OCH3 is 1. The zero-order valence-corrected chi connectivity index (χ0v) is 11.4. The van der Waals surface area contributed by atoms with Crippen molar-refractivity contribution in [1.82, 2.24) is 4.90 Å². The van der Waals surface area contributed by atoms with E-state index in [1.807, 2.05) is 0 Å². The van der Waals surface area contributed by atoms with Crippen LogP contribution in [0.4, 0.5) is 11.4 Å².